The largest absolute Gasteiger partial charge is 0.342 e. The SMILES string of the molecule is Cc1ccc(NS(=O)(=O)c2ccc(NC(=O)CCc3nc4ccccc4[nH]3)cc2)cc1C. The van der Waals surface area contributed by atoms with E-state index in [4.69, 9.17) is 0 Å². The summed E-state index contributed by atoms with van der Waals surface area (Å²) in [6, 6.07) is 19.2. The number of hydrogen-bond acceptors (Lipinski definition) is 4. The lowest BCUT2D eigenvalue weighted by Gasteiger charge is -2.11. The van der Waals surface area contributed by atoms with Gasteiger partial charge in [-0.3, -0.25) is 9.52 Å². The number of aryl methyl sites for hydroxylation is 3. The maximum absolute atomic E-state index is 12.7. The highest BCUT2D eigenvalue weighted by Crippen LogP contribution is 2.20. The summed E-state index contributed by atoms with van der Waals surface area (Å²) in [6.07, 6.45) is 0.737. The topological polar surface area (TPSA) is 104 Å². The summed E-state index contributed by atoms with van der Waals surface area (Å²) in [4.78, 5) is 20.1. The average molecular weight is 449 g/mol. The number of amides is 1. The van der Waals surface area contributed by atoms with Crippen LogP contribution in [0.3, 0.4) is 0 Å². The highest BCUT2D eigenvalue weighted by atomic mass is 32.2. The molecule has 164 valence electrons. The maximum Gasteiger partial charge on any atom is 0.261 e. The van der Waals surface area contributed by atoms with Crippen LogP contribution in [0.2, 0.25) is 0 Å². The molecule has 0 spiro atoms. The third-order valence-corrected chi connectivity index (χ3v) is 6.63. The van der Waals surface area contributed by atoms with Crippen molar-refractivity contribution in [1.82, 2.24) is 9.97 Å². The molecule has 1 amide bonds. The molecule has 0 radical (unpaired) electrons. The third-order valence-electron chi connectivity index (χ3n) is 5.23. The minimum absolute atomic E-state index is 0.121. The van der Waals surface area contributed by atoms with Gasteiger partial charge in [-0.25, -0.2) is 13.4 Å². The smallest absolute Gasteiger partial charge is 0.261 e. The summed E-state index contributed by atoms with van der Waals surface area (Å²) in [6.45, 7) is 3.90. The van der Waals surface area contributed by atoms with Crippen molar-refractivity contribution in [2.75, 3.05) is 10.0 Å². The van der Waals surface area contributed by atoms with Crippen LogP contribution in [0.4, 0.5) is 11.4 Å². The zero-order chi connectivity index (χ0) is 22.7. The van der Waals surface area contributed by atoms with E-state index in [1.165, 1.54) is 12.1 Å². The van der Waals surface area contributed by atoms with Gasteiger partial charge in [0.2, 0.25) is 5.91 Å². The number of nitrogens with one attached hydrogen (secondary N) is 3. The first kappa shape index (κ1) is 21.6. The summed E-state index contributed by atoms with van der Waals surface area (Å²) >= 11 is 0. The molecule has 0 saturated heterocycles. The predicted octanol–water partition coefficient (Wildman–Crippen LogP) is 4.55. The monoisotopic (exact) mass is 448 g/mol. The molecule has 0 fully saturated rings. The molecule has 4 rings (SSSR count). The molecule has 1 heterocycles. The van der Waals surface area contributed by atoms with Crippen molar-refractivity contribution in [2.24, 2.45) is 0 Å². The second-order valence-electron chi connectivity index (χ2n) is 7.68. The van der Waals surface area contributed by atoms with E-state index in [9.17, 15) is 13.2 Å². The lowest BCUT2D eigenvalue weighted by molar-refractivity contribution is -0.116. The Morgan fingerprint density at radius 3 is 2.38 bits per heavy atom. The molecule has 0 aliphatic rings. The molecule has 0 unspecified atom stereocenters. The minimum Gasteiger partial charge on any atom is -0.342 e. The van der Waals surface area contributed by atoms with Crippen molar-refractivity contribution in [3.63, 3.8) is 0 Å². The van der Waals surface area contributed by atoms with Gasteiger partial charge in [0.25, 0.3) is 10.0 Å². The van der Waals surface area contributed by atoms with Crippen molar-refractivity contribution in [1.29, 1.82) is 0 Å². The fraction of sp³-hybridized carbons (Fsp3) is 0.167. The van der Waals surface area contributed by atoms with E-state index >= 15 is 0 Å². The number of rotatable bonds is 7. The standard InChI is InChI=1S/C24H24N4O3S/c1-16-7-8-19(15-17(16)2)28-32(30,31)20-11-9-18(10-12-20)25-24(29)14-13-23-26-21-5-3-4-6-22(21)27-23/h3-12,15,28H,13-14H2,1-2H3,(H,25,29)(H,26,27). The zero-order valence-electron chi connectivity index (χ0n) is 17.8. The minimum atomic E-state index is -3.72. The van der Waals surface area contributed by atoms with Gasteiger partial charge in [-0.15, -0.1) is 0 Å². The zero-order valence-corrected chi connectivity index (χ0v) is 18.7. The summed E-state index contributed by atoms with van der Waals surface area (Å²) in [5, 5.41) is 2.79. The molecule has 3 aromatic carbocycles. The summed E-state index contributed by atoms with van der Waals surface area (Å²) < 4.78 is 27.9. The van der Waals surface area contributed by atoms with Crippen molar-refractivity contribution >= 4 is 38.3 Å². The quantitative estimate of drug-likeness (QED) is 0.386. The lowest BCUT2D eigenvalue weighted by atomic mass is 10.1. The van der Waals surface area contributed by atoms with E-state index in [1.807, 2.05) is 44.2 Å². The second-order valence-corrected chi connectivity index (χ2v) is 9.36. The molecule has 0 aliphatic heterocycles. The number of para-hydroxylation sites is 2. The number of sulfonamides is 1. The molecule has 0 atom stereocenters. The van der Waals surface area contributed by atoms with Crippen LogP contribution in [-0.2, 0) is 21.2 Å². The van der Waals surface area contributed by atoms with Crippen molar-refractivity contribution in [3.05, 3.63) is 83.7 Å². The third kappa shape index (κ3) is 4.97. The predicted molar refractivity (Wildman–Crippen MR) is 126 cm³/mol. The number of carbonyl (C=O) groups is 1. The van der Waals surface area contributed by atoms with E-state index in [-0.39, 0.29) is 17.2 Å². The van der Waals surface area contributed by atoms with E-state index in [0.29, 0.717) is 17.8 Å². The number of anilines is 2. The van der Waals surface area contributed by atoms with Crippen LogP contribution in [0.25, 0.3) is 11.0 Å². The first-order valence-corrected chi connectivity index (χ1v) is 11.7. The Morgan fingerprint density at radius 1 is 0.938 bits per heavy atom. The molecular formula is C24H24N4O3S. The maximum atomic E-state index is 12.7. The molecule has 4 aromatic rings. The molecule has 0 bridgehead atoms. The first-order chi connectivity index (χ1) is 15.3. The van der Waals surface area contributed by atoms with Crippen LogP contribution in [0.1, 0.15) is 23.4 Å². The van der Waals surface area contributed by atoms with Gasteiger partial charge in [0, 0.05) is 24.2 Å². The molecule has 7 nitrogen and oxygen atoms in total. The first-order valence-electron chi connectivity index (χ1n) is 10.2. The Kier molecular flexibility index (Phi) is 5.96. The van der Waals surface area contributed by atoms with Crippen molar-refractivity contribution in [2.45, 2.75) is 31.6 Å². The number of fused-ring (bicyclic) bond motifs is 1. The Morgan fingerprint density at radius 2 is 1.66 bits per heavy atom. The number of imidazole rings is 1. The van der Waals surface area contributed by atoms with Crippen LogP contribution in [0.15, 0.2) is 71.6 Å². The summed E-state index contributed by atoms with van der Waals surface area (Å²) in [5.74, 6) is 0.578. The Hall–Kier alpha value is -3.65. The van der Waals surface area contributed by atoms with Gasteiger partial charge in [0.05, 0.1) is 15.9 Å². The Labute approximate surface area is 187 Å². The average Bonchev–Trinajstić information content (AvgIpc) is 3.18. The van der Waals surface area contributed by atoms with Crippen LogP contribution < -0.4 is 10.0 Å². The van der Waals surface area contributed by atoms with Crippen LogP contribution in [-0.4, -0.2) is 24.3 Å². The molecular weight excluding hydrogens is 424 g/mol. The molecule has 0 aliphatic carbocycles. The molecule has 1 aromatic heterocycles. The highest BCUT2D eigenvalue weighted by Gasteiger charge is 2.15. The second kappa shape index (κ2) is 8.84. The number of hydrogen-bond donors (Lipinski definition) is 3. The number of H-pyrrole nitrogens is 1. The number of aromatic amines is 1. The van der Waals surface area contributed by atoms with E-state index < -0.39 is 10.0 Å². The van der Waals surface area contributed by atoms with Gasteiger partial charge in [-0.2, -0.15) is 0 Å². The normalized spacial score (nSPS) is 11.4. The van der Waals surface area contributed by atoms with Crippen LogP contribution >= 0.6 is 0 Å². The Bertz CT molecular complexity index is 1340. The van der Waals surface area contributed by atoms with Gasteiger partial charge in [0.1, 0.15) is 5.82 Å². The van der Waals surface area contributed by atoms with E-state index in [1.54, 1.807) is 24.3 Å². The summed E-state index contributed by atoms with van der Waals surface area (Å²) in [7, 11) is -3.72. The van der Waals surface area contributed by atoms with E-state index in [2.05, 4.69) is 20.0 Å². The van der Waals surface area contributed by atoms with Crippen LogP contribution in [0, 0.1) is 13.8 Å². The van der Waals surface area contributed by atoms with Crippen LogP contribution in [0.5, 0.6) is 0 Å². The lowest BCUT2D eigenvalue weighted by Crippen LogP contribution is -2.14. The number of carbonyl (C=O) groups excluding carboxylic acids is 1. The molecule has 3 N–H and O–H groups in total. The number of nitrogens with zero attached hydrogens (tertiary/aromatic N) is 1. The van der Waals surface area contributed by atoms with Gasteiger partial charge < -0.3 is 10.3 Å². The number of aromatic nitrogens is 2. The van der Waals surface area contributed by atoms with Gasteiger partial charge in [0.15, 0.2) is 0 Å². The van der Waals surface area contributed by atoms with Crippen molar-refractivity contribution < 1.29 is 13.2 Å². The fourth-order valence-electron chi connectivity index (χ4n) is 3.32. The fourth-order valence-corrected chi connectivity index (χ4v) is 4.37. The van der Waals surface area contributed by atoms with Gasteiger partial charge >= 0.3 is 0 Å². The number of benzene rings is 3. The molecule has 8 heteroatoms. The molecule has 0 saturated carbocycles. The van der Waals surface area contributed by atoms with Gasteiger partial charge in [-0.1, -0.05) is 18.2 Å². The van der Waals surface area contributed by atoms with Crippen molar-refractivity contribution in [3.8, 4) is 0 Å². The van der Waals surface area contributed by atoms with E-state index in [0.717, 1.165) is 28.0 Å². The highest BCUT2D eigenvalue weighted by molar-refractivity contribution is 7.92. The summed E-state index contributed by atoms with van der Waals surface area (Å²) in [5.41, 5.74) is 4.95. The van der Waals surface area contributed by atoms with Gasteiger partial charge in [-0.05, 0) is 73.5 Å². The molecule has 32 heavy (non-hydrogen) atoms. The Balaban J connectivity index is 1.36.